The van der Waals surface area contributed by atoms with Crippen LogP contribution in [0.2, 0.25) is 0 Å². The lowest BCUT2D eigenvalue weighted by molar-refractivity contribution is -0.242. The smallest absolute Gasteiger partial charge is 0.0830 e. The van der Waals surface area contributed by atoms with Gasteiger partial charge in [-0.1, -0.05) is 13.8 Å². The van der Waals surface area contributed by atoms with E-state index in [-0.39, 0.29) is 47.2 Å². The van der Waals surface area contributed by atoms with Gasteiger partial charge in [-0.05, 0) is 92.8 Å². The number of piperidine rings is 2. The zero-order valence-electron chi connectivity index (χ0n) is 20.6. The van der Waals surface area contributed by atoms with Crippen LogP contribution in [0.4, 0.5) is 0 Å². The van der Waals surface area contributed by atoms with Crippen LogP contribution in [0.25, 0.3) is 0 Å². The van der Waals surface area contributed by atoms with Gasteiger partial charge in [0.1, 0.15) is 0 Å². The third-order valence-electron chi connectivity index (χ3n) is 12.1. The molecule has 0 aromatic carbocycles. The summed E-state index contributed by atoms with van der Waals surface area (Å²) in [6.45, 7) is 8.34. The zero-order chi connectivity index (χ0) is 23.5. The summed E-state index contributed by atoms with van der Waals surface area (Å²) in [5.41, 5.74) is -2.03. The summed E-state index contributed by atoms with van der Waals surface area (Å²) in [5, 5.41) is 57.1. The molecule has 4 saturated carbocycles. The summed E-state index contributed by atoms with van der Waals surface area (Å²) in [5.74, 6) is 0.855. The standard InChI is InChI=1S/C27H45NO5/c1-14-4-5-23-26(3,32)24-16(13-28(23)12-14)17-9-18-19(27(17,33)11-22(24)31)10-21(30)20-8-15(29)6-7-25(18,20)2/h14-24,29-33H,4-13H2,1-3H3. The van der Waals surface area contributed by atoms with Crippen LogP contribution >= 0.6 is 0 Å². The minimum absolute atomic E-state index is 0.0208. The molecule has 0 radical (unpaired) electrons. The lowest BCUT2D eigenvalue weighted by Gasteiger charge is -2.62. The highest BCUT2D eigenvalue weighted by atomic mass is 16.3. The second-order valence-electron chi connectivity index (χ2n) is 13.7. The first-order valence-electron chi connectivity index (χ1n) is 13.7. The maximum absolute atomic E-state index is 12.3. The van der Waals surface area contributed by atoms with E-state index in [0.717, 1.165) is 45.2 Å². The van der Waals surface area contributed by atoms with Gasteiger partial charge >= 0.3 is 0 Å². The Balaban J connectivity index is 1.37. The number of fused-ring (bicyclic) bond motifs is 8. The van der Waals surface area contributed by atoms with E-state index in [2.05, 4.69) is 18.7 Å². The molecule has 6 rings (SSSR count). The SMILES string of the molecule is CC1CCC2N(C1)CC1C(C(O)CC3(O)C1CC1C3CC(O)C3CC(O)CCC31C)C2(C)O. The van der Waals surface area contributed by atoms with Crippen molar-refractivity contribution in [3.8, 4) is 0 Å². The van der Waals surface area contributed by atoms with Crippen molar-refractivity contribution < 1.29 is 25.5 Å². The molecule has 0 aromatic rings. The average Bonchev–Trinajstić information content (AvgIpc) is 3.01. The van der Waals surface area contributed by atoms with E-state index in [9.17, 15) is 25.5 Å². The van der Waals surface area contributed by atoms with Gasteiger partial charge in [0.25, 0.3) is 0 Å². The van der Waals surface area contributed by atoms with Gasteiger partial charge in [0.05, 0.1) is 29.5 Å². The molecule has 5 N–H and O–H groups in total. The number of hydrogen-bond donors (Lipinski definition) is 5. The monoisotopic (exact) mass is 463 g/mol. The summed E-state index contributed by atoms with van der Waals surface area (Å²) < 4.78 is 0. The molecule has 0 amide bonds. The molecule has 2 aliphatic heterocycles. The third-order valence-corrected chi connectivity index (χ3v) is 12.1. The van der Waals surface area contributed by atoms with E-state index in [1.807, 2.05) is 6.92 Å². The van der Waals surface area contributed by atoms with Gasteiger partial charge in [-0.15, -0.1) is 0 Å². The second-order valence-corrected chi connectivity index (χ2v) is 13.7. The molecular formula is C27H45NO5. The first-order chi connectivity index (χ1) is 15.5. The normalized spacial score (nSPS) is 63.1. The Morgan fingerprint density at radius 1 is 0.788 bits per heavy atom. The Bertz CT molecular complexity index is 790. The molecule has 0 bridgehead atoms. The minimum atomic E-state index is -0.986. The quantitative estimate of drug-likeness (QED) is 0.375. The van der Waals surface area contributed by atoms with Gasteiger partial charge in [-0.2, -0.15) is 0 Å². The summed E-state index contributed by atoms with van der Waals surface area (Å²) in [4.78, 5) is 2.46. The van der Waals surface area contributed by atoms with E-state index in [0.29, 0.717) is 31.1 Å². The number of nitrogens with zero attached hydrogens (tertiary/aromatic N) is 1. The van der Waals surface area contributed by atoms with E-state index in [1.54, 1.807) is 0 Å². The number of rotatable bonds is 0. The van der Waals surface area contributed by atoms with Crippen molar-refractivity contribution in [1.29, 1.82) is 0 Å². The molecule has 6 heteroatoms. The highest BCUT2D eigenvalue weighted by Gasteiger charge is 2.71. The van der Waals surface area contributed by atoms with Crippen molar-refractivity contribution in [2.75, 3.05) is 13.1 Å². The molecule has 0 aromatic heterocycles. The average molecular weight is 464 g/mol. The van der Waals surface area contributed by atoms with Crippen molar-refractivity contribution >= 4 is 0 Å². The molecule has 4 aliphatic carbocycles. The van der Waals surface area contributed by atoms with Crippen LogP contribution < -0.4 is 0 Å². The molecule has 14 unspecified atom stereocenters. The van der Waals surface area contributed by atoms with E-state index >= 15 is 0 Å². The van der Waals surface area contributed by atoms with Crippen molar-refractivity contribution in [2.24, 2.45) is 46.8 Å². The van der Waals surface area contributed by atoms with Crippen LogP contribution in [0.5, 0.6) is 0 Å². The van der Waals surface area contributed by atoms with Crippen molar-refractivity contribution in [1.82, 2.24) is 4.90 Å². The molecule has 14 atom stereocenters. The highest BCUT2D eigenvalue weighted by Crippen LogP contribution is 2.68. The van der Waals surface area contributed by atoms with Gasteiger partial charge in [-0.3, -0.25) is 4.90 Å². The fraction of sp³-hybridized carbons (Fsp3) is 1.00. The fourth-order valence-electron chi connectivity index (χ4n) is 10.7. The minimum Gasteiger partial charge on any atom is -0.393 e. The van der Waals surface area contributed by atoms with Crippen LogP contribution in [0, 0.1) is 46.8 Å². The topological polar surface area (TPSA) is 104 Å². The summed E-state index contributed by atoms with van der Waals surface area (Å²) in [7, 11) is 0. The first kappa shape index (κ1) is 23.2. The second kappa shape index (κ2) is 7.39. The number of aliphatic hydroxyl groups is 5. The van der Waals surface area contributed by atoms with Crippen molar-refractivity contribution in [2.45, 2.75) is 108 Å². The molecule has 6 fully saturated rings. The maximum atomic E-state index is 12.3. The lowest BCUT2D eigenvalue weighted by atomic mass is 9.50. The molecule has 2 saturated heterocycles. The van der Waals surface area contributed by atoms with E-state index in [4.69, 9.17) is 0 Å². The van der Waals surface area contributed by atoms with Gasteiger partial charge in [-0.25, -0.2) is 0 Å². The first-order valence-corrected chi connectivity index (χ1v) is 13.7. The number of hydrogen-bond acceptors (Lipinski definition) is 6. The van der Waals surface area contributed by atoms with Crippen LogP contribution in [-0.2, 0) is 0 Å². The molecule has 6 nitrogen and oxygen atoms in total. The predicted octanol–water partition coefficient (Wildman–Crippen LogP) is 1.76. The Kier molecular flexibility index (Phi) is 5.19. The summed E-state index contributed by atoms with van der Waals surface area (Å²) >= 11 is 0. The molecule has 33 heavy (non-hydrogen) atoms. The van der Waals surface area contributed by atoms with Gasteiger partial charge in [0.2, 0.25) is 0 Å². The van der Waals surface area contributed by atoms with E-state index in [1.165, 1.54) is 0 Å². The predicted molar refractivity (Wildman–Crippen MR) is 124 cm³/mol. The van der Waals surface area contributed by atoms with Crippen LogP contribution in [0.3, 0.4) is 0 Å². The Morgan fingerprint density at radius 2 is 1.55 bits per heavy atom. The molecule has 0 spiro atoms. The molecule has 188 valence electrons. The highest BCUT2D eigenvalue weighted by molar-refractivity contribution is 5.21. The fourth-order valence-corrected chi connectivity index (χ4v) is 10.7. The van der Waals surface area contributed by atoms with Gasteiger partial charge in [0.15, 0.2) is 0 Å². The summed E-state index contributed by atoms with van der Waals surface area (Å²) in [6.07, 6.45) is 4.62. The van der Waals surface area contributed by atoms with Gasteiger partial charge in [0, 0.05) is 31.5 Å². The lowest BCUT2D eigenvalue weighted by Crippen LogP contribution is -2.72. The molecular weight excluding hydrogens is 418 g/mol. The molecule has 6 aliphatic rings. The Hall–Kier alpha value is -0.240. The van der Waals surface area contributed by atoms with E-state index < -0.39 is 23.4 Å². The van der Waals surface area contributed by atoms with Crippen molar-refractivity contribution in [3.05, 3.63) is 0 Å². The van der Waals surface area contributed by atoms with Crippen molar-refractivity contribution in [3.63, 3.8) is 0 Å². The molecule has 2 heterocycles. The Morgan fingerprint density at radius 3 is 2.30 bits per heavy atom. The van der Waals surface area contributed by atoms with Crippen LogP contribution in [0.15, 0.2) is 0 Å². The number of aliphatic hydroxyl groups excluding tert-OH is 3. The third kappa shape index (κ3) is 3.07. The van der Waals surface area contributed by atoms with Crippen LogP contribution in [0.1, 0.15) is 72.1 Å². The van der Waals surface area contributed by atoms with Gasteiger partial charge < -0.3 is 25.5 Å². The Labute approximate surface area is 198 Å². The van der Waals surface area contributed by atoms with Crippen LogP contribution in [-0.4, -0.2) is 79.1 Å². The zero-order valence-corrected chi connectivity index (χ0v) is 20.6. The summed E-state index contributed by atoms with van der Waals surface area (Å²) in [6, 6.07) is 0.0861. The largest absolute Gasteiger partial charge is 0.393 e. The maximum Gasteiger partial charge on any atom is 0.0830 e.